The summed E-state index contributed by atoms with van der Waals surface area (Å²) in [6.07, 6.45) is 1.39. The first-order valence-electron chi connectivity index (χ1n) is 7.77. The summed E-state index contributed by atoms with van der Waals surface area (Å²) in [7, 11) is 0. The van der Waals surface area contributed by atoms with Gasteiger partial charge in [0.2, 0.25) is 0 Å². The normalized spacial score (nSPS) is 10.9. The third kappa shape index (κ3) is 5.50. The van der Waals surface area contributed by atoms with Crippen molar-refractivity contribution in [2.75, 3.05) is 6.61 Å². The van der Waals surface area contributed by atoms with E-state index in [1.165, 1.54) is 6.21 Å². The Bertz CT molecular complexity index is 969. The molecule has 0 fully saturated rings. The van der Waals surface area contributed by atoms with Crippen LogP contribution in [0.3, 0.4) is 0 Å². The molecule has 0 unspecified atom stereocenters. The SMILES string of the molecule is O=C(COc1ccc(Cl)cc1)N/N=C\c1ccc(-c2ccc(Cl)c(Cl)c2)o1. The number of furan rings is 1. The molecule has 1 aromatic heterocycles. The van der Waals surface area contributed by atoms with E-state index in [1.807, 2.05) is 0 Å². The Morgan fingerprint density at radius 3 is 2.56 bits per heavy atom. The van der Waals surface area contributed by atoms with E-state index >= 15 is 0 Å². The van der Waals surface area contributed by atoms with Gasteiger partial charge in [0.1, 0.15) is 17.3 Å². The van der Waals surface area contributed by atoms with Crippen molar-refractivity contribution in [1.29, 1.82) is 0 Å². The van der Waals surface area contributed by atoms with Gasteiger partial charge in [0.05, 0.1) is 16.3 Å². The van der Waals surface area contributed by atoms with Gasteiger partial charge in [-0.3, -0.25) is 4.79 Å². The van der Waals surface area contributed by atoms with E-state index in [9.17, 15) is 4.79 Å². The van der Waals surface area contributed by atoms with Gasteiger partial charge in [-0.1, -0.05) is 34.8 Å². The molecular formula is C19H13Cl3N2O3. The highest BCUT2D eigenvalue weighted by Crippen LogP contribution is 2.29. The molecule has 0 spiro atoms. The molecule has 0 aliphatic carbocycles. The van der Waals surface area contributed by atoms with Gasteiger partial charge in [-0.05, 0) is 54.6 Å². The standard InChI is InChI=1S/C19H13Cl3N2O3/c20-13-2-4-14(5-3-13)26-11-19(25)24-23-10-15-6-8-18(27-15)12-1-7-16(21)17(22)9-12/h1-10H,11H2,(H,24,25)/b23-10-. The van der Waals surface area contributed by atoms with Crippen LogP contribution in [0.2, 0.25) is 15.1 Å². The summed E-state index contributed by atoms with van der Waals surface area (Å²) in [5, 5.41) is 5.34. The van der Waals surface area contributed by atoms with Gasteiger partial charge in [0.15, 0.2) is 6.61 Å². The number of rotatable bonds is 6. The molecule has 8 heteroatoms. The van der Waals surface area contributed by atoms with E-state index in [2.05, 4.69) is 10.5 Å². The number of ether oxygens (including phenoxy) is 1. The third-order valence-electron chi connectivity index (χ3n) is 3.40. The van der Waals surface area contributed by atoms with Crippen LogP contribution in [0.15, 0.2) is 64.1 Å². The van der Waals surface area contributed by atoms with Crippen LogP contribution in [0.5, 0.6) is 5.75 Å². The van der Waals surface area contributed by atoms with Crippen LogP contribution in [-0.4, -0.2) is 18.7 Å². The highest BCUT2D eigenvalue weighted by Gasteiger charge is 2.07. The summed E-state index contributed by atoms with van der Waals surface area (Å²) in [6.45, 7) is -0.175. The van der Waals surface area contributed by atoms with Gasteiger partial charge in [-0.25, -0.2) is 5.43 Å². The minimum atomic E-state index is -0.405. The third-order valence-corrected chi connectivity index (χ3v) is 4.39. The molecule has 138 valence electrons. The summed E-state index contributed by atoms with van der Waals surface area (Å²) >= 11 is 17.7. The lowest BCUT2D eigenvalue weighted by molar-refractivity contribution is -0.123. The Labute approximate surface area is 170 Å². The van der Waals surface area contributed by atoms with Crippen molar-refractivity contribution < 1.29 is 13.9 Å². The van der Waals surface area contributed by atoms with Crippen molar-refractivity contribution in [1.82, 2.24) is 5.43 Å². The van der Waals surface area contributed by atoms with E-state index in [0.717, 1.165) is 5.56 Å². The Morgan fingerprint density at radius 2 is 1.81 bits per heavy atom. The van der Waals surface area contributed by atoms with E-state index in [-0.39, 0.29) is 6.61 Å². The number of amides is 1. The summed E-state index contributed by atoms with van der Waals surface area (Å²) in [6, 6.07) is 15.4. The van der Waals surface area contributed by atoms with Crippen LogP contribution in [0.1, 0.15) is 5.76 Å². The second-order valence-electron chi connectivity index (χ2n) is 5.37. The van der Waals surface area contributed by atoms with Crippen LogP contribution >= 0.6 is 34.8 Å². The van der Waals surface area contributed by atoms with Crippen molar-refractivity contribution >= 4 is 46.9 Å². The maximum atomic E-state index is 11.7. The molecule has 0 saturated heterocycles. The number of halogens is 3. The molecule has 1 heterocycles. The smallest absolute Gasteiger partial charge is 0.277 e. The predicted molar refractivity (Wildman–Crippen MR) is 107 cm³/mol. The molecule has 3 rings (SSSR count). The van der Waals surface area contributed by atoms with Crippen molar-refractivity contribution in [3.05, 3.63) is 75.4 Å². The van der Waals surface area contributed by atoms with Gasteiger partial charge in [0, 0.05) is 10.6 Å². The first kappa shape index (κ1) is 19.3. The maximum Gasteiger partial charge on any atom is 0.277 e. The Kier molecular flexibility index (Phi) is 6.40. The van der Waals surface area contributed by atoms with Crippen molar-refractivity contribution in [3.63, 3.8) is 0 Å². The van der Waals surface area contributed by atoms with Gasteiger partial charge >= 0.3 is 0 Å². The fourth-order valence-electron chi connectivity index (χ4n) is 2.11. The molecule has 0 bridgehead atoms. The zero-order valence-electron chi connectivity index (χ0n) is 13.8. The lowest BCUT2D eigenvalue weighted by Gasteiger charge is -2.04. The number of carbonyl (C=O) groups is 1. The molecule has 0 atom stereocenters. The van der Waals surface area contributed by atoms with Crippen molar-refractivity contribution in [2.24, 2.45) is 5.10 Å². The molecule has 1 amide bonds. The second-order valence-corrected chi connectivity index (χ2v) is 6.62. The molecule has 3 aromatic rings. The summed E-state index contributed by atoms with van der Waals surface area (Å²) in [4.78, 5) is 11.7. The van der Waals surface area contributed by atoms with Crippen LogP contribution in [-0.2, 0) is 4.79 Å². The maximum absolute atomic E-state index is 11.7. The topological polar surface area (TPSA) is 63.8 Å². The molecule has 0 radical (unpaired) electrons. The van der Waals surface area contributed by atoms with Gasteiger partial charge in [0.25, 0.3) is 5.91 Å². The minimum Gasteiger partial charge on any atom is -0.484 e. The number of nitrogens with zero attached hydrogens (tertiary/aromatic N) is 1. The lowest BCUT2D eigenvalue weighted by Crippen LogP contribution is -2.24. The monoisotopic (exact) mass is 422 g/mol. The molecular weight excluding hydrogens is 411 g/mol. The predicted octanol–water partition coefficient (Wildman–Crippen LogP) is 5.44. The first-order chi connectivity index (χ1) is 13.0. The summed E-state index contributed by atoms with van der Waals surface area (Å²) in [5.41, 5.74) is 3.14. The van der Waals surface area contributed by atoms with Crippen LogP contribution < -0.4 is 10.2 Å². The van der Waals surface area contributed by atoms with E-state index in [0.29, 0.717) is 32.3 Å². The Hall–Kier alpha value is -2.47. The number of hydrazone groups is 1. The fraction of sp³-hybridized carbons (Fsp3) is 0.0526. The highest BCUT2D eigenvalue weighted by molar-refractivity contribution is 6.42. The van der Waals surface area contributed by atoms with Crippen molar-refractivity contribution in [2.45, 2.75) is 0 Å². The average Bonchev–Trinajstić information content (AvgIpc) is 3.12. The molecule has 0 aliphatic heterocycles. The van der Waals surface area contributed by atoms with E-state index in [4.69, 9.17) is 44.0 Å². The van der Waals surface area contributed by atoms with Crippen LogP contribution in [0.25, 0.3) is 11.3 Å². The number of hydrogen-bond acceptors (Lipinski definition) is 4. The Morgan fingerprint density at radius 1 is 1.04 bits per heavy atom. The first-order valence-corrected chi connectivity index (χ1v) is 8.90. The van der Waals surface area contributed by atoms with Crippen LogP contribution in [0, 0.1) is 0 Å². The number of hydrogen-bond donors (Lipinski definition) is 1. The fourth-order valence-corrected chi connectivity index (χ4v) is 2.53. The molecule has 27 heavy (non-hydrogen) atoms. The van der Waals surface area contributed by atoms with Gasteiger partial charge in [-0.2, -0.15) is 5.10 Å². The van der Waals surface area contributed by atoms with Crippen molar-refractivity contribution in [3.8, 4) is 17.1 Å². The van der Waals surface area contributed by atoms with Crippen LogP contribution in [0.4, 0.5) is 0 Å². The average molecular weight is 424 g/mol. The number of carbonyl (C=O) groups excluding carboxylic acids is 1. The van der Waals surface area contributed by atoms with Gasteiger partial charge < -0.3 is 9.15 Å². The Balaban J connectivity index is 1.52. The molecule has 0 saturated carbocycles. The minimum absolute atomic E-state index is 0.175. The van der Waals surface area contributed by atoms with E-state index in [1.54, 1.807) is 54.6 Å². The number of nitrogens with one attached hydrogen (secondary N) is 1. The zero-order chi connectivity index (χ0) is 19.2. The number of benzene rings is 2. The van der Waals surface area contributed by atoms with E-state index < -0.39 is 5.91 Å². The quantitative estimate of drug-likeness (QED) is 0.424. The molecule has 1 N–H and O–H groups in total. The molecule has 0 aliphatic rings. The lowest BCUT2D eigenvalue weighted by atomic mass is 10.2. The summed E-state index contributed by atoms with van der Waals surface area (Å²) < 4.78 is 11.0. The highest BCUT2D eigenvalue weighted by atomic mass is 35.5. The second kappa shape index (κ2) is 8.95. The largest absolute Gasteiger partial charge is 0.484 e. The zero-order valence-corrected chi connectivity index (χ0v) is 16.1. The molecule has 2 aromatic carbocycles. The molecule has 5 nitrogen and oxygen atoms in total. The van der Waals surface area contributed by atoms with Gasteiger partial charge in [-0.15, -0.1) is 0 Å². The summed E-state index contributed by atoms with van der Waals surface area (Å²) in [5.74, 6) is 1.20.